The molecule has 1 atom stereocenters. The molecule has 0 saturated carbocycles. The molecule has 6 heteroatoms. The molecule has 1 unspecified atom stereocenters. The number of piperidine rings is 1. The Morgan fingerprint density at radius 2 is 2.10 bits per heavy atom. The van der Waals surface area contributed by atoms with Crippen LogP contribution in [0, 0.1) is 5.92 Å². The molecule has 0 bridgehead atoms. The third kappa shape index (κ3) is 3.81. The van der Waals surface area contributed by atoms with Gasteiger partial charge in [-0.25, -0.2) is 4.79 Å². The fourth-order valence-electron chi connectivity index (χ4n) is 2.38. The number of carbonyl (C=O) groups excluding carboxylic acids is 2. The van der Waals surface area contributed by atoms with Crippen molar-refractivity contribution in [3.05, 3.63) is 29.8 Å². The second-order valence-corrected chi connectivity index (χ2v) is 5.19. The van der Waals surface area contributed by atoms with Gasteiger partial charge in [-0.3, -0.25) is 9.59 Å². The fraction of sp³-hybridized carbons (Fsp3) is 0.400. The minimum atomic E-state index is -0.869. The lowest BCUT2D eigenvalue weighted by atomic mass is 9.99. The zero-order valence-electron chi connectivity index (χ0n) is 11.8. The Balaban J connectivity index is 2.02. The Kier molecular flexibility index (Phi) is 4.57. The number of hydrogen-bond acceptors (Lipinski definition) is 3. The molecule has 0 aliphatic carbocycles. The second kappa shape index (κ2) is 6.39. The molecule has 1 saturated heterocycles. The van der Waals surface area contributed by atoms with Gasteiger partial charge in [-0.05, 0) is 31.9 Å². The Morgan fingerprint density at radius 1 is 1.33 bits per heavy atom. The number of amides is 2. The van der Waals surface area contributed by atoms with Gasteiger partial charge in [0.1, 0.15) is 0 Å². The number of anilines is 1. The van der Waals surface area contributed by atoms with Crippen molar-refractivity contribution in [2.45, 2.75) is 19.8 Å². The molecule has 1 aliphatic rings. The number of hydrogen-bond donors (Lipinski definition) is 2. The molecule has 0 spiro atoms. The van der Waals surface area contributed by atoms with Crippen molar-refractivity contribution in [3.8, 4) is 0 Å². The van der Waals surface area contributed by atoms with Crippen molar-refractivity contribution in [2.24, 2.45) is 5.92 Å². The first-order chi connectivity index (χ1) is 9.97. The average molecular weight is 290 g/mol. The van der Waals surface area contributed by atoms with Crippen molar-refractivity contribution in [3.63, 3.8) is 0 Å². The van der Waals surface area contributed by atoms with Crippen LogP contribution in [0.4, 0.5) is 10.5 Å². The molecular formula is C15H18N2O4. The summed E-state index contributed by atoms with van der Waals surface area (Å²) in [5.41, 5.74) is 1.06. The Labute approximate surface area is 122 Å². The predicted octanol–water partition coefficient (Wildman–Crippen LogP) is 2.22. The van der Waals surface area contributed by atoms with Crippen LogP contribution in [-0.4, -0.2) is 40.9 Å². The molecular weight excluding hydrogens is 272 g/mol. The van der Waals surface area contributed by atoms with Crippen LogP contribution >= 0.6 is 0 Å². The topological polar surface area (TPSA) is 86.7 Å². The van der Waals surface area contributed by atoms with Gasteiger partial charge in [0, 0.05) is 24.3 Å². The van der Waals surface area contributed by atoms with E-state index in [4.69, 9.17) is 5.11 Å². The Morgan fingerprint density at radius 3 is 2.76 bits per heavy atom. The van der Waals surface area contributed by atoms with Crippen molar-refractivity contribution < 1.29 is 19.5 Å². The molecule has 6 nitrogen and oxygen atoms in total. The van der Waals surface area contributed by atoms with Crippen molar-refractivity contribution in [1.82, 2.24) is 4.90 Å². The molecule has 1 fully saturated rings. The third-order valence-corrected chi connectivity index (χ3v) is 3.58. The number of likely N-dealkylation sites (tertiary alicyclic amines) is 1. The van der Waals surface area contributed by atoms with Gasteiger partial charge in [-0.15, -0.1) is 0 Å². The number of carboxylic acids is 1. The standard InChI is InChI=1S/C15H18N2O4/c1-10(18)11-4-2-6-13(8-11)16-15(21)17-7-3-5-12(9-17)14(19)20/h2,4,6,8,12H,3,5,7,9H2,1H3,(H,16,21)(H,19,20). The first kappa shape index (κ1) is 15.0. The highest BCUT2D eigenvalue weighted by atomic mass is 16.4. The molecule has 0 aromatic heterocycles. The predicted molar refractivity (Wildman–Crippen MR) is 77.4 cm³/mol. The molecule has 2 amide bonds. The van der Waals surface area contributed by atoms with Crippen LogP contribution in [0.1, 0.15) is 30.1 Å². The van der Waals surface area contributed by atoms with E-state index in [0.29, 0.717) is 30.6 Å². The Hall–Kier alpha value is -2.37. The van der Waals surface area contributed by atoms with E-state index in [0.717, 1.165) is 0 Å². The van der Waals surface area contributed by atoms with Crippen LogP contribution in [0.15, 0.2) is 24.3 Å². The van der Waals surface area contributed by atoms with E-state index in [1.54, 1.807) is 24.3 Å². The lowest BCUT2D eigenvalue weighted by Gasteiger charge is -2.30. The van der Waals surface area contributed by atoms with Gasteiger partial charge in [-0.1, -0.05) is 12.1 Å². The maximum Gasteiger partial charge on any atom is 0.321 e. The quantitative estimate of drug-likeness (QED) is 0.836. The number of carboxylic acid groups (broad SMARTS) is 1. The summed E-state index contributed by atoms with van der Waals surface area (Å²) >= 11 is 0. The molecule has 2 N–H and O–H groups in total. The van der Waals surface area contributed by atoms with E-state index in [9.17, 15) is 14.4 Å². The molecule has 21 heavy (non-hydrogen) atoms. The lowest BCUT2D eigenvalue weighted by Crippen LogP contribution is -2.44. The van der Waals surface area contributed by atoms with E-state index in [-0.39, 0.29) is 18.4 Å². The van der Waals surface area contributed by atoms with Crippen LogP contribution in [0.2, 0.25) is 0 Å². The highest BCUT2D eigenvalue weighted by molar-refractivity contribution is 5.96. The fourth-order valence-corrected chi connectivity index (χ4v) is 2.38. The number of aliphatic carboxylic acids is 1. The minimum absolute atomic E-state index is 0.0741. The molecule has 1 aromatic rings. The zero-order valence-corrected chi connectivity index (χ0v) is 11.8. The first-order valence-electron chi connectivity index (χ1n) is 6.87. The van der Waals surface area contributed by atoms with Gasteiger partial charge in [0.25, 0.3) is 0 Å². The smallest absolute Gasteiger partial charge is 0.321 e. The van der Waals surface area contributed by atoms with Gasteiger partial charge in [-0.2, -0.15) is 0 Å². The molecule has 1 aromatic carbocycles. The lowest BCUT2D eigenvalue weighted by molar-refractivity contribution is -0.143. The summed E-state index contributed by atoms with van der Waals surface area (Å²) in [7, 11) is 0. The van der Waals surface area contributed by atoms with Crippen LogP contribution in [0.3, 0.4) is 0 Å². The molecule has 1 aliphatic heterocycles. The van der Waals surface area contributed by atoms with Gasteiger partial charge in [0.05, 0.1) is 5.92 Å². The van der Waals surface area contributed by atoms with E-state index in [2.05, 4.69) is 5.32 Å². The van der Waals surface area contributed by atoms with Crippen LogP contribution < -0.4 is 5.32 Å². The summed E-state index contributed by atoms with van der Waals surface area (Å²) < 4.78 is 0. The third-order valence-electron chi connectivity index (χ3n) is 3.58. The van der Waals surface area contributed by atoms with Gasteiger partial charge in [0.2, 0.25) is 0 Å². The molecule has 0 radical (unpaired) electrons. The highest BCUT2D eigenvalue weighted by Crippen LogP contribution is 2.18. The number of urea groups is 1. The summed E-state index contributed by atoms with van der Waals surface area (Å²) in [6.45, 7) is 2.22. The van der Waals surface area contributed by atoms with E-state index >= 15 is 0 Å². The van der Waals surface area contributed by atoms with Crippen LogP contribution in [0.25, 0.3) is 0 Å². The SMILES string of the molecule is CC(=O)c1cccc(NC(=O)N2CCCC(C(=O)O)C2)c1. The number of Topliss-reactive ketones (excluding diaryl/α,β-unsaturated/α-hetero) is 1. The maximum absolute atomic E-state index is 12.2. The molecule has 112 valence electrons. The monoisotopic (exact) mass is 290 g/mol. The van der Waals surface area contributed by atoms with Gasteiger partial charge in [0.15, 0.2) is 5.78 Å². The first-order valence-corrected chi connectivity index (χ1v) is 6.87. The van der Waals surface area contributed by atoms with Gasteiger partial charge >= 0.3 is 12.0 Å². The number of nitrogens with zero attached hydrogens (tertiary/aromatic N) is 1. The number of benzene rings is 1. The number of rotatable bonds is 3. The summed E-state index contributed by atoms with van der Waals surface area (Å²) in [5, 5.41) is 11.7. The maximum atomic E-state index is 12.2. The number of nitrogens with one attached hydrogen (secondary N) is 1. The minimum Gasteiger partial charge on any atom is -0.481 e. The molecule has 2 rings (SSSR count). The highest BCUT2D eigenvalue weighted by Gasteiger charge is 2.28. The van der Waals surface area contributed by atoms with Crippen LogP contribution in [0.5, 0.6) is 0 Å². The van der Waals surface area contributed by atoms with E-state index < -0.39 is 11.9 Å². The van der Waals surface area contributed by atoms with Gasteiger partial charge < -0.3 is 15.3 Å². The van der Waals surface area contributed by atoms with Crippen molar-refractivity contribution in [1.29, 1.82) is 0 Å². The largest absolute Gasteiger partial charge is 0.481 e. The van der Waals surface area contributed by atoms with Crippen molar-refractivity contribution in [2.75, 3.05) is 18.4 Å². The Bertz CT molecular complexity index is 571. The normalized spacial score (nSPS) is 18.1. The average Bonchev–Trinajstić information content (AvgIpc) is 2.47. The summed E-state index contributed by atoms with van der Waals surface area (Å²) in [6.07, 6.45) is 1.27. The summed E-state index contributed by atoms with van der Waals surface area (Å²) in [6, 6.07) is 6.35. The second-order valence-electron chi connectivity index (χ2n) is 5.19. The molecule has 1 heterocycles. The van der Waals surface area contributed by atoms with E-state index in [1.165, 1.54) is 11.8 Å². The number of carbonyl (C=O) groups is 3. The summed E-state index contributed by atoms with van der Waals surface area (Å²) in [4.78, 5) is 36.0. The van der Waals surface area contributed by atoms with Crippen molar-refractivity contribution >= 4 is 23.5 Å². The van der Waals surface area contributed by atoms with Crippen LogP contribution in [-0.2, 0) is 4.79 Å². The number of ketones is 1. The zero-order chi connectivity index (χ0) is 15.4. The summed E-state index contributed by atoms with van der Waals surface area (Å²) in [5.74, 6) is -1.45. The van der Waals surface area contributed by atoms with E-state index in [1.807, 2.05) is 0 Å².